The van der Waals surface area contributed by atoms with Crippen molar-refractivity contribution in [3.8, 4) is 0 Å². The van der Waals surface area contributed by atoms with E-state index < -0.39 is 42.3 Å². The molecule has 4 atom stereocenters. The Kier molecular flexibility index (Phi) is 4.65. The quantitative estimate of drug-likeness (QED) is 0.595. The summed E-state index contributed by atoms with van der Waals surface area (Å²) in [7, 11) is 0. The molecule has 3 rings (SSSR count). The Balaban J connectivity index is 1.95. The first-order chi connectivity index (χ1) is 11.6. The van der Waals surface area contributed by atoms with Crippen molar-refractivity contribution in [2.45, 2.75) is 24.5 Å². The van der Waals surface area contributed by atoms with Crippen molar-refractivity contribution in [2.75, 3.05) is 6.61 Å². The number of rotatable bonds is 4. The normalized spacial score (nSPS) is 26.9. The number of nitrogens with zero attached hydrogens (tertiary/aromatic N) is 3. The Labute approximate surface area is 135 Å². The van der Waals surface area contributed by atoms with Gasteiger partial charge in [-0.05, 0) is 12.1 Å². The van der Waals surface area contributed by atoms with Gasteiger partial charge in [-0.25, -0.2) is 4.79 Å². The SMILES string of the molecule is O=c1ccn([C@@H]2O[C@H](CO)[C@@H](O)[C@H]2N=Cc2ccccn2)c(=O)[nH]1. The molecule has 0 radical (unpaired) electrons. The Morgan fingerprint density at radius 3 is 2.88 bits per heavy atom. The summed E-state index contributed by atoms with van der Waals surface area (Å²) in [6.45, 7) is -0.425. The molecule has 3 N–H and O–H groups in total. The van der Waals surface area contributed by atoms with E-state index in [4.69, 9.17) is 4.74 Å². The number of H-pyrrole nitrogens is 1. The van der Waals surface area contributed by atoms with Crippen LogP contribution >= 0.6 is 0 Å². The van der Waals surface area contributed by atoms with Crippen LogP contribution in [0.5, 0.6) is 0 Å². The number of aromatic amines is 1. The first kappa shape index (κ1) is 16.2. The molecule has 0 aliphatic carbocycles. The predicted molar refractivity (Wildman–Crippen MR) is 83.9 cm³/mol. The van der Waals surface area contributed by atoms with Gasteiger partial charge in [-0.2, -0.15) is 0 Å². The molecule has 2 aromatic heterocycles. The van der Waals surface area contributed by atoms with Gasteiger partial charge < -0.3 is 14.9 Å². The first-order valence-corrected chi connectivity index (χ1v) is 7.30. The molecule has 0 unspecified atom stereocenters. The topological polar surface area (TPSA) is 130 Å². The molecule has 1 aliphatic heterocycles. The van der Waals surface area contributed by atoms with Crippen LogP contribution in [0, 0.1) is 0 Å². The second-order valence-corrected chi connectivity index (χ2v) is 5.28. The number of aromatic nitrogens is 3. The molecular weight excluding hydrogens is 316 g/mol. The molecule has 1 fully saturated rings. The lowest BCUT2D eigenvalue weighted by atomic mass is 10.1. The second-order valence-electron chi connectivity index (χ2n) is 5.28. The molecule has 1 saturated heterocycles. The molecule has 0 amide bonds. The average Bonchev–Trinajstić information content (AvgIpc) is 2.90. The summed E-state index contributed by atoms with van der Waals surface area (Å²) in [5.74, 6) is 0. The Bertz CT molecular complexity index is 832. The summed E-state index contributed by atoms with van der Waals surface area (Å²) >= 11 is 0. The molecule has 9 nitrogen and oxygen atoms in total. The van der Waals surface area contributed by atoms with E-state index in [1.165, 1.54) is 18.5 Å². The molecular formula is C15H16N4O5. The van der Waals surface area contributed by atoms with Gasteiger partial charge in [0, 0.05) is 24.7 Å². The molecule has 0 spiro atoms. The summed E-state index contributed by atoms with van der Waals surface area (Å²) in [5.41, 5.74) is -0.650. The lowest BCUT2D eigenvalue weighted by Crippen LogP contribution is -2.37. The second kappa shape index (κ2) is 6.87. The van der Waals surface area contributed by atoms with Crippen molar-refractivity contribution in [1.82, 2.24) is 14.5 Å². The third-order valence-corrected chi connectivity index (χ3v) is 3.71. The van der Waals surface area contributed by atoms with E-state index in [0.717, 1.165) is 4.57 Å². The Hall–Kier alpha value is -2.62. The molecule has 3 heterocycles. The van der Waals surface area contributed by atoms with E-state index in [1.807, 2.05) is 0 Å². The minimum absolute atomic E-state index is 0.425. The maximum Gasteiger partial charge on any atom is 0.330 e. The number of aliphatic imine (C=N–C) groups is 1. The lowest BCUT2D eigenvalue weighted by Gasteiger charge is -2.18. The number of nitrogens with one attached hydrogen (secondary N) is 1. The van der Waals surface area contributed by atoms with Crippen LogP contribution < -0.4 is 11.2 Å². The van der Waals surface area contributed by atoms with Crippen LogP contribution in [0.3, 0.4) is 0 Å². The highest BCUT2D eigenvalue weighted by atomic mass is 16.5. The Morgan fingerprint density at radius 1 is 1.38 bits per heavy atom. The number of aliphatic hydroxyl groups excluding tert-OH is 2. The zero-order valence-corrected chi connectivity index (χ0v) is 12.5. The van der Waals surface area contributed by atoms with Crippen molar-refractivity contribution >= 4 is 6.21 Å². The van der Waals surface area contributed by atoms with Gasteiger partial charge in [0.05, 0.1) is 12.3 Å². The zero-order valence-electron chi connectivity index (χ0n) is 12.5. The van der Waals surface area contributed by atoms with E-state index in [2.05, 4.69) is 15.0 Å². The van der Waals surface area contributed by atoms with Gasteiger partial charge in [0.15, 0.2) is 6.23 Å². The number of pyridine rings is 1. The number of hydrogen-bond acceptors (Lipinski definition) is 7. The predicted octanol–water partition coefficient (Wildman–Crippen LogP) is -1.33. The number of hydrogen-bond donors (Lipinski definition) is 3. The first-order valence-electron chi connectivity index (χ1n) is 7.30. The van der Waals surface area contributed by atoms with Crippen LogP contribution in [-0.2, 0) is 4.74 Å². The fraction of sp³-hybridized carbons (Fsp3) is 0.333. The van der Waals surface area contributed by atoms with Crippen LogP contribution in [-0.4, -0.2) is 55.8 Å². The lowest BCUT2D eigenvalue weighted by molar-refractivity contribution is -0.0464. The van der Waals surface area contributed by atoms with Gasteiger partial charge >= 0.3 is 5.69 Å². The third kappa shape index (κ3) is 3.18. The molecule has 24 heavy (non-hydrogen) atoms. The summed E-state index contributed by atoms with van der Waals surface area (Å²) < 4.78 is 6.66. The molecule has 2 aromatic rings. The van der Waals surface area contributed by atoms with E-state index in [0.29, 0.717) is 5.69 Å². The third-order valence-electron chi connectivity index (χ3n) is 3.71. The van der Waals surface area contributed by atoms with Gasteiger partial charge in [0.2, 0.25) is 0 Å². The van der Waals surface area contributed by atoms with Gasteiger partial charge in [0.25, 0.3) is 5.56 Å². The molecule has 9 heteroatoms. The summed E-state index contributed by atoms with van der Waals surface area (Å²) in [4.78, 5) is 33.6. The fourth-order valence-electron chi connectivity index (χ4n) is 2.51. The summed E-state index contributed by atoms with van der Waals surface area (Å²) in [6, 6.07) is 5.61. The van der Waals surface area contributed by atoms with Crippen LogP contribution in [0.4, 0.5) is 0 Å². The Morgan fingerprint density at radius 2 is 2.21 bits per heavy atom. The maximum absolute atomic E-state index is 12.0. The fourth-order valence-corrected chi connectivity index (χ4v) is 2.51. The molecule has 0 bridgehead atoms. The van der Waals surface area contributed by atoms with E-state index in [1.54, 1.807) is 24.4 Å². The smallest absolute Gasteiger partial charge is 0.330 e. The summed E-state index contributed by atoms with van der Waals surface area (Å²) in [6.07, 6.45) is 1.37. The van der Waals surface area contributed by atoms with Crippen molar-refractivity contribution in [1.29, 1.82) is 0 Å². The zero-order chi connectivity index (χ0) is 17.1. The minimum atomic E-state index is -1.11. The van der Waals surface area contributed by atoms with Gasteiger partial charge in [-0.3, -0.25) is 24.3 Å². The van der Waals surface area contributed by atoms with E-state index in [9.17, 15) is 19.8 Å². The highest BCUT2D eigenvalue weighted by Crippen LogP contribution is 2.30. The number of aliphatic hydroxyl groups is 2. The highest BCUT2D eigenvalue weighted by Gasteiger charge is 2.44. The van der Waals surface area contributed by atoms with Gasteiger partial charge in [0.1, 0.15) is 18.2 Å². The molecule has 0 saturated carbocycles. The standard InChI is InChI=1S/C15H16N4O5/c20-8-10-13(22)12(17-7-9-3-1-2-5-16-9)14(24-10)19-6-4-11(21)18-15(19)23/h1-7,10,12-14,20,22H,8H2,(H,18,21,23)/t10-,12-,13-,14-/m1/s1. The van der Waals surface area contributed by atoms with Crippen LogP contribution in [0.15, 0.2) is 51.2 Å². The molecule has 0 aromatic carbocycles. The minimum Gasteiger partial charge on any atom is -0.394 e. The van der Waals surface area contributed by atoms with Crippen LogP contribution in [0.1, 0.15) is 11.9 Å². The van der Waals surface area contributed by atoms with Crippen LogP contribution in [0.25, 0.3) is 0 Å². The molecule has 126 valence electrons. The van der Waals surface area contributed by atoms with E-state index >= 15 is 0 Å². The monoisotopic (exact) mass is 332 g/mol. The van der Waals surface area contributed by atoms with Crippen molar-refractivity contribution < 1.29 is 14.9 Å². The van der Waals surface area contributed by atoms with Gasteiger partial charge in [-0.15, -0.1) is 0 Å². The summed E-state index contributed by atoms with van der Waals surface area (Å²) in [5, 5.41) is 19.6. The highest BCUT2D eigenvalue weighted by molar-refractivity contribution is 5.76. The largest absolute Gasteiger partial charge is 0.394 e. The van der Waals surface area contributed by atoms with Gasteiger partial charge in [-0.1, -0.05) is 6.07 Å². The number of ether oxygens (including phenoxy) is 1. The van der Waals surface area contributed by atoms with Crippen molar-refractivity contribution in [3.05, 3.63) is 63.2 Å². The molecule has 1 aliphatic rings. The van der Waals surface area contributed by atoms with Crippen molar-refractivity contribution in [2.24, 2.45) is 4.99 Å². The van der Waals surface area contributed by atoms with Crippen molar-refractivity contribution in [3.63, 3.8) is 0 Å². The average molecular weight is 332 g/mol. The maximum atomic E-state index is 12.0. The van der Waals surface area contributed by atoms with Crippen LogP contribution in [0.2, 0.25) is 0 Å². The van der Waals surface area contributed by atoms with E-state index in [-0.39, 0.29) is 0 Å².